The first-order valence-corrected chi connectivity index (χ1v) is 20.9. The molecule has 0 spiro atoms. The number of hydrogen-bond donors (Lipinski definition) is 12. The van der Waals surface area contributed by atoms with Gasteiger partial charge in [0.05, 0.1) is 0 Å². The number of aliphatic hydroxyl groups excluding tert-OH is 4. The monoisotopic (exact) mass is 882 g/mol. The van der Waals surface area contributed by atoms with Gasteiger partial charge in [-0.1, -0.05) is 0 Å². The van der Waals surface area contributed by atoms with Crippen molar-refractivity contribution in [1.29, 1.82) is 0 Å². The second kappa shape index (κ2) is 16.4. The molecule has 320 valence electrons. The number of hydrogen-bond acceptors (Lipinski definition) is 24. The number of aromatic nitrogens is 6. The zero-order chi connectivity index (χ0) is 41.8. The van der Waals surface area contributed by atoms with E-state index in [9.17, 15) is 62.9 Å². The molecule has 2 fully saturated rings. The molecule has 3 aromatic heterocycles. The molecule has 14 N–H and O–H groups in total. The Morgan fingerprint density at radius 1 is 0.895 bits per heavy atom. The molecule has 33 heteroatoms. The number of rotatable bonds is 16. The maximum atomic E-state index is 13.7. The number of imidazole rings is 1. The third kappa shape index (κ3) is 9.59. The number of anilines is 4. The molecule has 0 radical (unpaired) electrons. The Labute approximate surface area is 317 Å². The number of nitrogens with two attached hydrogens (primary N) is 2. The normalized spacial score (nSPS) is 29.4. The SMILES string of the molecule is CN1CN([C@@H]2O[C@H](COP(=O)(O)OCC(COP(=O)(O)OC[C@H]3O[C@@H](n4cnc5c(=O)[nH]c(N)nc54)[C@H](O)[C@@H]3O)O[PH](O)(O)F)[C@@H](O)[C@H]2O)c2nc(N)[nH]c(=O)c21. The van der Waals surface area contributed by atoms with Crippen molar-refractivity contribution in [3.05, 3.63) is 27.0 Å². The summed E-state index contributed by atoms with van der Waals surface area (Å²) in [5.74, 6) is -0.532. The number of fused-ring (bicyclic) bond motifs is 2. The van der Waals surface area contributed by atoms with Crippen LogP contribution in [0.2, 0.25) is 0 Å². The molecule has 0 amide bonds. The molecule has 0 aliphatic carbocycles. The van der Waals surface area contributed by atoms with Crippen LogP contribution in [0.4, 0.5) is 27.6 Å². The number of nitrogens with one attached hydrogen (secondary N) is 2. The number of phosphoric ester groups is 2. The number of ether oxygens (including phenoxy) is 2. The molecular formula is C24H38FN10O19P3. The van der Waals surface area contributed by atoms with Crippen LogP contribution in [-0.4, -0.2) is 159 Å². The van der Waals surface area contributed by atoms with Gasteiger partial charge in [0.2, 0.25) is 11.9 Å². The van der Waals surface area contributed by atoms with E-state index in [0.29, 0.717) is 0 Å². The fourth-order valence-corrected chi connectivity index (χ4v) is 8.12. The molecule has 11 atom stereocenters. The Morgan fingerprint density at radius 3 is 2.00 bits per heavy atom. The Hall–Kier alpha value is -3.35. The zero-order valence-electron chi connectivity index (χ0n) is 29.0. The molecular weight excluding hydrogens is 844 g/mol. The fourth-order valence-electron chi connectivity index (χ4n) is 6.03. The van der Waals surface area contributed by atoms with Crippen LogP contribution >= 0.6 is 23.9 Å². The van der Waals surface area contributed by atoms with E-state index < -0.39 is 117 Å². The molecule has 0 bridgehead atoms. The van der Waals surface area contributed by atoms with E-state index in [-0.39, 0.29) is 41.2 Å². The molecule has 2 saturated heterocycles. The van der Waals surface area contributed by atoms with Crippen LogP contribution in [0.1, 0.15) is 6.23 Å². The van der Waals surface area contributed by atoms with Crippen LogP contribution in [0.5, 0.6) is 0 Å². The summed E-state index contributed by atoms with van der Waals surface area (Å²) in [7, 11) is -14.9. The van der Waals surface area contributed by atoms with Gasteiger partial charge in [0.25, 0.3) is 11.1 Å². The number of H-pyrrole nitrogens is 2. The predicted molar refractivity (Wildman–Crippen MR) is 186 cm³/mol. The number of phosphoric acid groups is 2. The molecule has 3 aliphatic rings. The summed E-state index contributed by atoms with van der Waals surface area (Å²) < 4.78 is 74.7. The van der Waals surface area contributed by atoms with E-state index in [2.05, 4.69) is 34.0 Å². The number of nitrogens with zero attached hydrogens (tertiary/aromatic N) is 6. The van der Waals surface area contributed by atoms with Gasteiger partial charge in [-0.3, -0.25) is 19.6 Å². The van der Waals surface area contributed by atoms with Crippen molar-refractivity contribution in [2.75, 3.05) is 61.4 Å². The van der Waals surface area contributed by atoms with Crippen LogP contribution in [0.15, 0.2) is 15.9 Å². The average Bonchev–Trinajstić information content (AvgIpc) is 3.83. The van der Waals surface area contributed by atoms with Gasteiger partial charge in [-0.25, -0.2) is 4.98 Å². The van der Waals surface area contributed by atoms with Crippen molar-refractivity contribution in [3.63, 3.8) is 0 Å². The van der Waals surface area contributed by atoms with Crippen molar-refractivity contribution in [1.82, 2.24) is 29.5 Å². The summed E-state index contributed by atoms with van der Waals surface area (Å²) in [6.45, 7) is -4.43. The Kier molecular flexibility index (Phi) is 12.4. The summed E-state index contributed by atoms with van der Waals surface area (Å²) in [6, 6.07) is 0. The number of nitrogen functional groups attached to an aromatic ring is 2. The standard InChI is InChI=1S/C24H38FN10O19P3/c1-33-7-35(18-12(33)20(41)32-24(27)30-18)22-16(39)14(37)10(53-22)5-51-57(46,47)49-3-8(54-55(25,42)43)2-48-56(44,45)50-4-9-13(36)15(38)21(52-9)34-6-28-11-17(34)29-23(26)31-19(11)40/h6,8-10,13-16,21-22,36-39,42-43,55H,2-5,7H2,1H3,(H,44,45)(H,46,47)(H3,26,29,31,40)(H3,27,30,32,41)/t8?,9-,10-,13-,14-,15-,16-,21-,22-/m1/s1. The van der Waals surface area contributed by atoms with Gasteiger partial charge in [-0.05, 0) is 0 Å². The third-order valence-corrected chi connectivity index (χ3v) is 11.1. The quantitative estimate of drug-likeness (QED) is 0.0602. The van der Waals surface area contributed by atoms with E-state index in [1.165, 1.54) is 16.8 Å². The molecule has 3 aromatic rings. The van der Waals surface area contributed by atoms with Crippen LogP contribution in [0.3, 0.4) is 0 Å². The van der Waals surface area contributed by atoms with Gasteiger partial charge < -0.3 is 16.4 Å². The van der Waals surface area contributed by atoms with Crippen molar-refractivity contribution in [2.45, 2.75) is 55.2 Å². The Bertz CT molecular complexity index is 2160. The summed E-state index contributed by atoms with van der Waals surface area (Å²) in [4.78, 5) is 82.5. The summed E-state index contributed by atoms with van der Waals surface area (Å²) in [5.41, 5.74) is 9.67. The van der Waals surface area contributed by atoms with Crippen LogP contribution in [-0.2, 0) is 41.2 Å². The van der Waals surface area contributed by atoms with Crippen LogP contribution in [0.25, 0.3) is 11.2 Å². The van der Waals surface area contributed by atoms with Crippen molar-refractivity contribution < 1.29 is 85.4 Å². The first-order chi connectivity index (χ1) is 26.5. The first kappa shape index (κ1) is 43.2. The minimum absolute atomic E-state index is 0.0132. The topological polar surface area (TPSA) is 428 Å². The second-order valence-electron chi connectivity index (χ2n) is 12.7. The molecule has 6 rings (SSSR count). The van der Waals surface area contributed by atoms with E-state index in [0.717, 1.165) is 10.9 Å². The minimum atomic E-state index is -5.98. The fraction of sp³-hybridized carbons (Fsp3) is 0.625. The number of aliphatic hydroxyl groups is 4. The molecule has 0 aromatic carbocycles. The third-order valence-electron chi connectivity index (χ3n) is 8.59. The van der Waals surface area contributed by atoms with Crippen molar-refractivity contribution in [3.8, 4) is 0 Å². The van der Waals surface area contributed by atoms with Gasteiger partial charge in [0.15, 0.2) is 5.52 Å². The number of halogens is 1. The van der Waals surface area contributed by atoms with Gasteiger partial charge >= 0.3 is 225 Å². The Morgan fingerprint density at radius 2 is 1.42 bits per heavy atom. The molecule has 29 nitrogen and oxygen atoms in total. The molecule has 3 unspecified atom stereocenters. The zero-order valence-corrected chi connectivity index (χ0v) is 31.8. The summed E-state index contributed by atoms with van der Waals surface area (Å²) in [5, 5.41) is 42.4. The molecule has 6 heterocycles. The van der Waals surface area contributed by atoms with Crippen molar-refractivity contribution in [2.24, 2.45) is 0 Å². The molecule has 3 aliphatic heterocycles. The van der Waals surface area contributed by atoms with Gasteiger partial charge in [0, 0.05) is 7.05 Å². The smallest absolute Gasteiger partial charge is 0.369 e. The van der Waals surface area contributed by atoms with Crippen LogP contribution in [0, 0.1) is 0 Å². The first-order valence-electron chi connectivity index (χ1n) is 16.2. The Balaban J connectivity index is 1.01. The summed E-state index contributed by atoms with van der Waals surface area (Å²) >= 11 is 0. The van der Waals surface area contributed by atoms with Crippen LogP contribution < -0.4 is 32.4 Å². The maximum absolute atomic E-state index is 13.7. The molecule has 57 heavy (non-hydrogen) atoms. The minimum Gasteiger partial charge on any atom is -0.369 e. The predicted octanol–water partition coefficient (Wildman–Crippen LogP) is -4.64. The second-order valence-corrected chi connectivity index (χ2v) is 16.9. The van der Waals surface area contributed by atoms with E-state index in [1.54, 1.807) is 0 Å². The summed E-state index contributed by atoms with van der Waals surface area (Å²) in [6.07, 6.45) is -13.7. The molecule has 0 saturated carbocycles. The average molecular weight is 883 g/mol. The number of aromatic amines is 2. The van der Waals surface area contributed by atoms with Gasteiger partial charge in [0.1, 0.15) is 5.69 Å². The van der Waals surface area contributed by atoms with Crippen molar-refractivity contribution >= 4 is 58.5 Å². The van der Waals surface area contributed by atoms with Gasteiger partial charge in [-0.2, -0.15) is 9.97 Å². The van der Waals surface area contributed by atoms with E-state index in [1.807, 2.05) is 0 Å². The van der Waals surface area contributed by atoms with E-state index in [4.69, 9.17) is 34.5 Å². The van der Waals surface area contributed by atoms with Gasteiger partial charge in [-0.15, -0.1) is 0 Å². The van der Waals surface area contributed by atoms with E-state index >= 15 is 0 Å².